The highest BCUT2D eigenvalue weighted by Gasteiger charge is 2.52. The van der Waals surface area contributed by atoms with Crippen molar-refractivity contribution in [1.29, 1.82) is 0 Å². The Morgan fingerprint density at radius 3 is 2.42 bits per heavy atom. The predicted molar refractivity (Wildman–Crippen MR) is 100 cm³/mol. The predicted octanol–water partition coefficient (Wildman–Crippen LogP) is 3.04. The van der Waals surface area contributed by atoms with Gasteiger partial charge in [-0.1, -0.05) is 43.7 Å². The lowest BCUT2D eigenvalue weighted by Gasteiger charge is -2.32. The van der Waals surface area contributed by atoms with Crippen molar-refractivity contribution in [1.82, 2.24) is 20.3 Å². The maximum atomic E-state index is 11.8. The van der Waals surface area contributed by atoms with Crippen molar-refractivity contribution in [3.63, 3.8) is 0 Å². The van der Waals surface area contributed by atoms with Crippen molar-refractivity contribution in [3.05, 3.63) is 11.9 Å². The Hall–Kier alpha value is -1.43. The molecule has 3 fully saturated rings. The molecule has 3 saturated carbocycles. The van der Waals surface area contributed by atoms with E-state index in [1.165, 1.54) is 64.2 Å². The van der Waals surface area contributed by atoms with E-state index in [4.69, 9.17) is 5.73 Å². The molecule has 0 aliphatic heterocycles. The summed E-state index contributed by atoms with van der Waals surface area (Å²) in [5.74, 6) is 1.14. The highest BCUT2D eigenvalue weighted by Crippen LogP contribution is 2.43. The Morgan fingerprint density at radius 1 is 1.15 bits per heavy atom. The molecule has 0 saturated heterocycles. The number of hydrogen-bond donors (Lipinski definition) is 2. The van der Waals surface area contributed by atoms with Crippen molar-refractivity contribution in [2.75, 3.05) is 6.54 Å². The molecule has 0 radical (unpaired) electrons. The lowest BCUT2D eigenvalue weighted by molar-refractivity contribution is -0.122. The van der Waals surface area contributed by atoms with Gasteiger partial charge in [0.15, 0.2) is 0 Å². The van der Waals surface area contributed by atoms with Crippen LogP contribution in [0.5, 0.6) is 0 Å². The number of carbonyl (C=O) groups excluding carboxylic acids is 1. The van der Waals surface area contributed by atoms with Crippen LogP contribution >= 0.6 is 0 Å². The molecular formula is C20H33N5O. The first kappa shape index (κ1) is 18.0. The van der Waals surface area contributed by atoms with E-state index in [0.717, 1.165) is 31.0 Å². The minimum atomic E-state index is -0.605. The Kier molecular flexibility index (Phi) is 5.30. The molecule has 0 bridgehead atoms. The smallest absolute Gasteiger partial charge is 0.245 e. The maximum Gasteiger partial charge on any atom is 0.245 e. The molecule has 6 nitrogen and oxygen atoms in total. The summed E-state index contributed by atoms with van der Waals surface area (Å²) in [4.78, 5) is 11.8. The number of nitrogens with zero attached hydrogens (tertiary/aromatic N) is 3. The van der Waals surface area contributed by atoms with Crippen LogP contribution in [0.25, 0.3) is 0 Å². The quantitative estimate of drug-likeness (QED) is 0.783. The van der Waals surface area contributed by atoms with Crippen LogP contribution in [0.15, 0.2) is 6.20 Å². The minimum absolute atomic E-state index is 0.259. The summed E-state index contributed by atoms with van der Waals surface area (Å²) >= 11 is 0. The molecule has 1 aromatic heterocycles. The fraction of sp³-hybridized carbons (Fsp3) is 0.850. The highest BCUT2D eigenvalue weighted by atomic mass is 16.2. The summed E-state index contributed by atoms with van der Waals surface area (Å²) in [7, 11) is 0. The normalized spacial score (nSPS) is 25.1. The lowest BCUT2D eigenvalue weighted by Crippen LogP contribution is -2.35. The van der Waals surface area contributed by atoms with Gasteiger partial charge in [-0.3, -0.25) is 4.79 Å². The zero-order valence-corrected chi connectivity index (χ0v) is 15.8. The van der Waals surface area contributed by atoms with Gasteiger partial charge in [0.25, 0.3) is 0 Å². The maximum absolute atomic E-state index is 11.8. The third kappa shape index (κ3) is 3.66. The summed E-state index contributed by atoms with van der Waals surface area (Å²) in [6, 6.07) is 0.259. The van der Waals surface area contributed by atoms with Gasteiger partial charge in [0.1, 0.15) is 5.54 Å². The van der Waals surface area contributed by atoms with Gasteiger partial charge < -0.3 is 11.1 Å². The van der Waals surface area contributed by atoms with Crippen molar-refractivity contribution in [2.24, 2.45) is 17.6 Å². The molecule has 3 aliphatic rings. The van der Waals surface area contributed by atoms with E-state index in [9.17, 15) is 4.79 Å². The summed E-state index contributed by atoms with van der Waals surface area (Å²) < 4.78 is 1.74. The molecule has 3 aliphatic carbocycles. The standard InChI is InChI=1S/C20H33N5O/c21-19(26)20(11-12-20)25-14-17(23-24-25)18(16-9-5-2-6-10-16)22-13-15-7-3-1-4-8-15/h14-16,18,22H,1-13H2,(H2,21,26). The monoisotopic (exact) mass is 359 g/mol. The Labute approximate surface area is 156 Å². The third-order valence-corrected chi connectivity index (χ3v) is 6.92. The number of nitrogens with two attached hydrogens (primary N) is 1. The second-order valence-corrected chi connectivity index (χ2v) is 8.77. The molecule has 144 valence electrons. The van der Waals surface area contributed by atoms with E-state index in [1.54, 1.807) is 4.68 Å². The summed E-state index contributed by atoms with van der Waals surface area (Å²) in [5.41, 5.74) is 6.00. The SMILES string of the molecule is NC(=O)C1(n2cc(C(NCC3CCCCC3)C3CCCCC3)nn2)CC1. The van der Waals surface area contributed by atoms with Crippen molar-refractivity contribution >= 4 is 5.91 Å². The van der Waals surface area contributed by atoms with Gasteiger partial charge in [0.2, 0.25) is 5.91 Å². The largest absolute Gasteiger partial charge is 0.368 e. The van der Waals surface area contributed by atoms with Crippen molar-refractivity contribution < 1.29 is 4.79 Å². The van der Waals surface area contributed by atoms with E-state index in [-0.39, 0.29) is 11.9 Å². The molecule has 4 rings (SSSR count). The zero-order chi connectivity index (χ0) is 18.0. The number of carbonyl (C=O) groups is 1. The number of amides is 1. The molecule has 1 aromatic rings. The summed E-state index contributed by atoms with van der Waals surface area (Å²) in [5, 5.41) is 12.7. The van der Waals surface area contributed by atoms with Gasteiger partial charge in [-0.2, -0.15) is 0 Å². The van der Waals surface area contributed by atoms with E-state index in [0.29, 0.717) is 5.92 Å². The van der Waals surface area contributed by atoms with Crippen LogP contribution in [0.1, 0.15) is 88.8 Å². The van der Waals surface area contributed by atoms with E-state index < -0.39 is 5.54 Å². The molecule has 3 N–H and O–H groups in total. The Bertz CT molecular complexity index is 611. The van der Waals surface area contributed by atoms with Crippen LogP contribution in [0.4, 0.5) is 0 Å². The topological polar surface area (TPSA) is 85.8 Å². The fourth-order valence-corrected chi connectivity index (χ4v) is 5.00. The van der Waals surface area contributed by atoms with Crippen LogP contribution in [-0.2, 0) is 10.3 Å². The minimum Gasteiger partial charge on any atom is -0.368 e. The average molecular weight is 360 g/mol. The lowest BCUT2D eigenvalue weighted by atomic mass is 9.82. The second-order valence-electron chi connectivity index (χ2n) is 8.77. The van der Waals surface area contributed by atoms with E-state index in [1.807, 2.05) is 6.20 Å². The van der Waals surface area contributed by atoms with Crippen LogP contribution < -0.4 is 11.1 Å². The van der Waals surface area contributed by atoms with Crippen LogP contribution in [0.3, 0.4) is 0 Å². The van der Waals surface area contributed by atoms with E-state index >= 15 is 0 Å². The second kappa shape index (κ2) is 7.67. The van der Waals surface area contributed by atoms with Gasteiger partial charge in [-0.25, -0.2) is 4.68 Å². The first-order chi connectivity index (χ1) is 12.7. The Balaban J connectivity index is 1.48. The van der Waals surface area contributed by atoms with Gasteiger partial charge in [-0.15, -0.1) is 5.10 Å². The fourth-order valence-electron chi connectivity index (χ4n) is 5.00. The highest BCUT2D eigenvalue weighted by molar-refractivity contribution is 5.85. The molecule has 1 unspecified atom stereocenters. The average Bonchev–Trinajstić information content (AvgIpc) is 3.36. The van der Waals surface area contributed by atoms with Gasteiger partial charge >= 0.3 is 0 Å². The first-order valence-electron chi connectivity index (χ1n) is 10.6. The third-order valence-electron chi connectivity index (χ3n) is 6.92. The Morgan fingerprint density at radius 2 is 1.81 bits per heavy atom. The van der Waals surface area contributed by atoms with E-state index in [2.05, 4.69) is 15.6 Å². The van der Waals surface area contributed by atoms with Crippen LogP contribution in [0.2, 0.25) is 0 Å². The number of rotatable bonds is 7. The van der Waals surface area contributed by atoms with Crippen molar-refractivity contribution in [3.8, 4) is 0 Å². The van der Waals surface area contributed by atoms with Crippen molar-refractivity contribution in [2.45, 2.75) is 88.6 Å². The molecular weight excluding hydrogens is 326 g/mol. The van der Waals surface area contributed by atoms with Crippen LogP contribution in [-0.4, -0.2) is 27.4 Å². The first-order valence-corrected chi connectivity index (χ1v) is 10.6. The van der Waals surface area contributed by atoms with Gasteiger partial charge in [0.05, 0.1) is 17.9 Å². The molecule has 0 spiro atoms. The number of hydrogen-bond acceptors (Lipinski definition) is 4. The molecule has 6 heteroatoms. The van der Waals surface area contributed by atoms with Gasteiger partial charge in [-0.05, 0) is 56.9 Å². The molecule has 1 atom stereocenters. The molecule has 1 amide bonds. The van der Waals surface area contributed by atoms with Gasteiger partial charge in [0, 0.05) is 0 Å². The molecule has 0 aromatic carbocycles. The number of nitrogens with one attached hydrogen (secondary N) is 1. The summed E-state index contributed by atoms with van der Waals surface area (Å²) in [6.45, 7) is 1.08. The zero-order valence-electron chi connectivity index (χ0n) is 15.8. The van der Waals surface area contributed by atoms with Crippen LogP contribution in [0, 0.1) is 11.8 Å². The number of aromatic nitrogens is 3. The molecule has 1 heterocycles. The summed E-state index contributed by atoms with van der Waals surface area (Å²) in [6.07, 6.45) is 16.9. The molecule has 26 heavy (non-hydrogen) atoms. The number of primary amides is 1.